The molecule has 7 heteroatoms. The van der Waals surface area contributed by atoms with Gasteiger partial charge >= 0.3 is 0 Å². The van der Waals surface area contributed by atoms with Crippen LogP contribution in [0.1, 0.15) is 11.5 Å². The van der Waals surface area contributed by atoms with Gasteiger partial charge in [-0.2, -0.15) is 11.8 Å². The first-order valence-corrected chi connectivity index (χ1v) is 7.18. The highest BCUT2D eigenvalue weighted by Gasteiger charge is 2.06. The van der Waals surface area contributed by atoms with Crippen LogP contribution in [-0.4, -0.2) is 22.4 Å². The summed E-state index contributed by atoms with van der Waals surface area (Å²) in [5.41, 5.74) is 0.903. The Labute approximate surface area is 120 Å². The van der Waals surface area contributed by atoms with Crippen molar-refractivity contribution in [1.82, 2.24) is 5.16 Å². The second kappa shape index (κ2) is 6.95. The molecule has 0 N–H and O–H groups in total. The van der Waals surface area contributed by atoms with E-state index in [2.05, 4.69) is 5.16 Å². The molecule has 1 aromatic carbocycles. The maximum atomic E-state index is 10.6. The molecule has 2 aromatic rings. The number of thioether (sulfide) groups is 1. The van der Waals surface area contributed by atoms with E-state index in [4.69, 9.17) is 9.26 Å². The maximum Gasteiger partial charge on any atom is 0.273 e. The number of aryl methyl sites for hydroxylation is 1. The Morgan fingerprint density at radius 3 is 3.00 bits per heavy atom. The van der Waals surface area contributed by atoms with E-state index < -0.39 is 4.92 Å². The Morgan fingerprint density at radius 1 is 1.45 bits per heavy atom. The van der Waals surface area contributed by atoms with E-state index in [-0.39, 0.29) is 5.69 Å². The molecule has 0 aliphatic rings. The quantitative estimate of drug-likeness (QED) is 0.443. The molecule has 0 aliphatic heterocycles. The zero-order valence-electron chi connectivity index (χ0n) is 10.9. The molecule has 1 aromatic heterocycles. The van der Waals surface area contributed by atoms with Gasteiger partial charge in [-0.05, 0) is 13.0 Å². The third-order valence-electron chi connectivity index (χ3n) is 2.45. The minimum absolute atomic E-state index is 0.0345. The molecule has 0 amide bonds. The first-order chi connectivity index (χ1) is 9.65. The topological polar surface area (TPSA) is 78.4 Å². The lowest BCUT2D eigenvalue weighted by Gasteiger charge is -2.05. The largest absolute Gasteiger partial charge is 0.492 e. The first kappa shape index (κ1) is 14.4. The van der Waals surface area contributed by atoms with Crippen molar-refractivity contribution in [2.24, 2.45) is 0 Å². The molecule has 0 unspecified atom stereocenters. The number of nitrogens with zero attached hydrogens (tertiary/aromatic N) is 2. The SMILES string of the molecule is Cc1cc(CSCCOc2cccc([N+](=O)[O-])c2)on1. The Kier molecular flexibility index (Phi) is 5.00. The summed E-state index contributed by atoms with van der Waals surface area (Å²) in [5, 5.41) is 14.4. The Balaban J connectivity index is 1.70. The van der Waals surface area contributed by atoms with Gasteiger partial charge in [-0.3, -0.25) is 10.1 Å². The number of nitro groups is 1. The van der Waals surface area contributed by atoms with E-state index in [9.17, 15) is 10.1 Å². The van der Waals surface area contributed by atoms with Gasteiger partial charge in [-0.25, -0.2) is 0 Å². The lowest BCUT2D eigenvalue weighted by Crippen LogP contribution is -2.00. The van der Waals surface area contributed by atoms with Crippen LogP contribution in [0.2, 0.25) is 0 Å². The third kappa shape index (κ3) is 4.27. The predicted molar refractivity (Wildman–Crippen MR) is 76.0 cm³/mol. The molecule has 0 atom stereocenters. The molecule has 2 rings (SSSR count). The van der Waals surface area contributed by atoms with Crippen molar-refractivity contribution < 1.29 is 14.2 Å². The van der Waals surface area contributed by atoms with Crippen LogP contribution in [0.15, 0.2) is 34.9 Å². The van der Waals surface area contributed by atoms with Crippen LogP contribution in [0.3, 0.4) is 0 Å². The molecule has 0 fully saturated rings. The smallest absolute Gasteiger partial charge is 0.273 e. The number of nitro benzene ring substituents is 1. The highest BCUT2D eigenvalue weighted by Crippen LogP contribution is 2.19. The molecule has 0 saturated carbocycles. The van der Waals surface area contributed by atoms with Crippen LogP contribution in [0.5, 0.6) is 5.75 Å². The Morgan fingerprint density at radius 2 is 2.30 bits per heavy atom. The summed E-state index contributed by atoms with van der Waals surface area (Å²) in [4.78, 5) is 10.2. The van der Waals surface area contributed by atoms with Crippen molar-refractivity contribution in [3.63, 3.8) is 0 Å². The van der Waals surface area contributed by atoms with Crippen LogP contribution in [-0.2, 0) is 5.75 Å². The monoisotopic (exact) mass is 294 g/mol. The molecule has 0 saturated heterocycles. The zero-order chi connectivity index (χ0) is 14.4. The molecular weight excluding hydrogens is 280 g/mol. The van der Waals surface area contributed by atoms with Gasteiger partial charge in [0.2, 0.25) is 0 Å². The van der Waals surface area contributed by atoms with Gasteiger partial charge in [-0.1, -0.05) is 11.2 Å². The fraction of sp³-hybridized carbons (Fsp3) is 0.308. The lowest BCUT2D eigenvalue weighted by atomic mass is 10.3. The third-order valence-corrected chi connectivity index (χ3v) is 3.39. The normalized spacial score (nSPS) is 10.4. The Bertz CT molecular complexity index is 585. The molecule has 6 nitrogen and oxygen atoms in total. The van der Waals surface area contributed by atoms with Crippen molar-refractivity contribution in [3.8, 4) is 5.75 Å². The average Bonchev–Trinajstić information content (AvgIpc) is 2.84. The van der Waals surface area contributed by atoms with Gasteiger partial charge in [-0.15, -0.1) is 0 Å². The van der Waals surface area contributed by atoms with Gasteiger partial charge in [0.15, 0.2) is 0 Å². The highest BCUT2D eigenvalue weighted by molar-refractivity contribution is 7.98. The number of hydrogen-bond acceptors (Lipinski definition) is 6. The van der Waals surface area contributed by atoms with Gasteiger partial charge in [0.25, 0.3) is 5.69 Å². The fourth-order valence-corrected chi connectivity index (χ4v) is 2.25. The predicted octanol–water partition coefficient (Wildman–Crippen LogP) is 3.20. The van der Waals surface area contributed by atoms with Crippen molar-refractivity contribution >= 4 is 17.4 Å². The summed E-state index contributed by atoms with van der Waals surface area (Å²) in [6.45, 7) is 2.36. The summed E-state index contributed by atoms with van der Waals surface area (Å²) < 4.78 is 10.6. The number of aromatic nitrogens is 1. The fourth-order valence-electron chi connectivity index (χ4n) is 1.56. The number of benzene rings is 1. The van der Waals surface area contributed by atoms with Crippen molar-refractivity contribution in [3.05, 3.63) is 51.9 Å². The van der Waals surface area contributed by atoms with Crippen LogP contribution in [0.4, 0.5) is 5.69 Å². The van der Waals surface area contributed by atoms with E-state index in [1.807, 2.05) is 13.0 Å². The summed E-state index contributed by atoms with van der Waals surface area (Å²) >= 11 is 1.66. The van der Waals surface area contributed by atoms with Gasteiger partial charge in [0.05, 0.1) is 29.0 Å². The van der Waals surface area contributed by atoms with Gasteiger partial charge in [0.1, 0.15) is 11.5 Å². The summed E-state index contributed by atoms with van der Waals surface area (Å²) in [7, 11) is 0. The molecule has 106 valence electrons. The van der Waals surface area contributed by atoms with Crippen LogP contribution >= 0.6 is 11.8 Å². The lowest BCUT2D eigenvalue weighted by molar-refractivity contribution is -0.384. The van der Waals surface area contributed by atoms with E-state index in [0.717, 1.165) is 23.0 Å². The van der Waals surface area contributed by atoms with E-state index >= 15 is 0 Å². The molecule has 0 aliphatic carbocycles. The second-order valence-electron chi connectivity index (χ2n) is 4.09. The molecule has 0 bridgehead atoms. The van der Waals surface area contributed by atoms with Crippen LogP contribution < -0.4 is 4.74 Å². The number of hydrogen-bond donors (Lipinski definition) is 0. The molecular formula is C13H14N2O4S. The standard InChI is InChI=1S/C13H14N2O4S/c1-10-7-13(19-14-10)9-20-6-5-18-12-4-2-3-11(8-12)15(16)17/h2-4,7-8H,5-6,9H2,1H3. The van der Waals surface area contributed by atoms with Crippen molar-refractivity contribution in [2.45, 2.75) is 12.7 Å². The summed E-state index contributed by atoms with van der Waals surface area (Å²) in [6.07, 6.45) is 0. The summed E-state index contributed by atoms with van der Waals surface area (Å²) in [5.74, 6) is 2.85. The molecule has 1 heterocycles. The molecule has 0 radical (unpaired) electrons. The van der Waals surface area contributed by atoms with E-state index in [0.29, 0.717) is 12.4 Å². The first-order valence-electron chi connectivity index (χ1n) is 6.02. The average molecular weight is 294 g/mol. The van der Waals surface area contributed by atoms with Gasteiger partial charge < -0.3 is 9.26 Å². The van der Waals surface area contributed by atoms with Crippen LogP contribution in [0.25, 0.3) is 0 Å². The minimum Gasteiger partial charge on any atom is -0.492 e. The zero-order valence-corrected chi connectivity index (χ0v) is 11.8. The van der Waals surface area contributed by atoms with Crippen LogP contribution in [0, 0.1) is 17.0 Å². The molecule has 20 heavy (non-hydrogen) atoms. The number of rotatable bonds is 7. The second-order valence-corrected chi connectivity index (χ2v) is 5.20. The van der Waals surface area contributed by atoms with E-state index in [1.54, 1.807) is 23.9 Å². The molecule has 0 spiro atoms. The number of non-ortho nitro benzene ring substituents is 1. The number of ether oxygens (including phenoxy) is 1. The summed E-state index contributed by atoms with van der Waals surface area (Å²) in [6, 6.07) is 8.07. The van der Waals surface area contributed by atoms with Crippen molar-refractivity contribution in [2.75, 3.05) is 12.4 Å². The van der Waals surface area contributed by atoms with Crippen molar-refractivity contribution in [1.29, 1.82) is 0 Å². The van der Waals surface area contributed by atoms with Gasteiger partial charge in [0, 0.05) is 17.9 Å². The highest BCUT2D eigenvalue weighted by atomic mass is 32.2. The van der Waals surface area contributed by atoms with E-state index in [1.165, 1.54) is 12.1 Å². The Hall–Kier alpha value is -2.02. The minimum atomic E-state index is -0.437. The maximum absolute atomic E-state index is 10.6.